The third kappa shape index (κ3) is 59.9. The van der Waals surface area contributed by atoms with Crippen molar-refractivity contribution in [1.82, 2.24) is 9.80 Å². The first kappa shape index (κ1) is 74.2. The molecule has 0 aliphatic rings. The van der Waals surface area contributed by atoms with Gasteiger partial charge in [-0.3, -0.25) is 0 Å². The first-order chi connectivity index (χ1) is 37.7. The summed E-state index contributed by atoms with van der Waals surface area (Å²) in [7, 11) is 0. The molecule has 0 fully saturated rings. The minimum atomic E-state index is 0.362. The highest BCUT2D eigenvalue weighted by atomic mass is 16.2. The second-order valence-corrected chi connectivity index (χ2v) is 24.0. The Bertz CT molecular complexity index is 1030. The summed E-state index contributed by atoms with van der Waals surface area (Å²) in [5.74, 6) is 0. The summed E-state index contributed by atoms with van der Waals surface area (Å²) in [5.41, 5.74) is 0. The third-order valence-electron chi connectivity index (χ3n) is 16.3. The van der Waals surface area contributed by atoms with Crippen LogP contribution in [-0.4, -0.2) is 42.0 Å². The molecule has 448 valence electrons. The van der Waals surface area contributed by atoms with Crippen molar-refractivity contribution in [2.45, 2.75) is 387 Å². The van der Waals surface area contributed by atoms with Gasteiger partial charge in [-0.15, -0.1) is 0 Å². The van der Waals surface area contributed by atoms with E-state index in [1.165, 1.54) is 334 Å². The summed E-state index contributed by atoms with van der Waals surface area (Å²) in [6.07, 6.45) is 94.0. The van der Waals surface area contributed by atoms with Gasteiger partial charge < -0.3 is 9.80 Å². The number of carbonyl (C=O) groups excluding carboxylic acids is 1. The van der Waals surface area contributed by atoms with Gasteiger partial charge in [0.2, 0.25) is 0 Å². The van der Waals surface area contributed by atoms with Crippen molar-refractivity contribution < 1.29 is 4.79 Å². The van der Waals surface area contributed by atoms with Crippen molar-refractivity contribution in [1.29, 1.82) is 0 Å². The number of urea groups is 1. The van der Waals surface area contributed by atoms with Gasteiger partial charge in [0, 0.05) is 26.2 Å². The number of allylic oxidation sites excluding steroid dienone is 8. The van der Waals surface area contributed by atoms with Crippen LogP contribution in [0.15, 0.2) is 48.6 Å². The molecule has 76 heavy (non-hydrogen) atoms. The molecule has 0 aliphatic heterocycles. The van der Waals surface area contributed by atoms with Crippen LogP contribution in [0.2, 0.25) is 0 Å². The van der Waals surface area contributed by atoms with E-state index in [4.69, 9.17) is 0 Å². The topological polar surface area (TPSA) is 23.6 Å². The van der Waals surface area contributed by atoms with E-state index in [-0.39, 0.29) is 0 Å². The van der Waals surface area contributed by atoms with Gasteiger partial charge >= 0.3 is 6.03 Å². The average Bonchev–Trinajstić information content (AvgIpc) is 3.43. The monoisotopic (exact) mass is 1060 g/mol. The number of carbonyl (C=O) groups is 1. The molecule has 0 unspecified atom stereocenters. The Labute approximate surface area is 480 Å². The third-order valence-corrected chi connectivity index (χ3v) is 16.3. The van der Waals surface area contributed by atoms with Crippen molar-refractivity contribution >= 4 is 6.03 Å². The van der Waals surface area contributed by atoms with Crippen molar-refractivity contribution in [2.24, 2.45) is 0 Å². The van der Waals surface area contributed by atoms with E-state index in [2.05, 4.69) is 86.1 Å². The van der Waals surface area contributed by atoms with E-state index in [1.807, 2.05) is 0 Å². The van der Waals surface area contributed by atoms with Crippen LogP contribution in [0.5, 0.6) is 0 Å². The van der Waals surface area contributed by atoms with Crippen molar-refractivity contribution in [2.75, 3.05) is 26.2 Å². The molecule has 0 spiro atoms. The molecule has 0 N–H and O–H groups in total. The summed E-state index contributed by atoms with van der Waals surface area (Å²) in [4.78, 5) is 19.3. The van der Waals surface area contributed by atoms with Gasteiger partial charge in [-0.25, -0.2) is 4.79 Å². The normalized spacial score (nSPS) is 12.1. The van der Waals surface area contributed by atoms with Gasteiger partial charge in [0.25, 0.3) is 0 Å². The molecule has 3 nitrogen and oxygen atoms in total. The molecule has 0 rings (SSSR count). The molecule has 0 bridgehead atoms. The number of rotatable bonds is 64. The van der Waals surface area contributed by atoms with Crippen molar-refractivity contribution in [3.63, 3.8) is 0 Å². The standard InChI is InChI=1S/C73H140N2O/c1-5-9-13-17-21-25-29-33-37-41-45-49-53-57-61-65-69-74(70-66-62-58-54-50-46-42-38-34-30-26-22-18-14-10-6-2)73(76)75(71-67-63-59-55-51-47-43-39-35-31-27-23-19-15-11-7-3)72-68-64-60-56-52-48-44-40-36-32-28-24-20-16-12-8-4/h33-40H,5-32,41-72H2,1-4H3/b37-33-,38-34-,39-35-,40-36-. The molecule has 0 aliphatic carbocycles. The number of hydrogen-bond acceptors (Lipinski definition) is 1. The lowest BCUT2D eigenvalue weighted by Gasteiger charge is -2.31. The zero-order valence-electron chi connectivity index (χ0n) is 52.8. The van der Waals surface area contributed by atoms with E-state index in [1.54, 1.807) is 0 Å². The smallest absolute Gasteiger partial charge is 0.319 e. The fraction of sp³-hybridized carbons (Fsp3) is 0.877. The van der Waals surface area contributed by atoms with E-state index < -0.39 is 0 Å². The Kier molecular flexibility index (Phi) is 65.9. The highest BCUT2D eigenvalue weighted by Gasteiger charge is 2.20. The number of hydrogen-bond donors (Lipinski definition) is 0. The quantitative estimate of drug-likeness (QED) is 0.0440. The average molecular weight is 1060 g/mol. The Hall–Kier alpha value is -1.77. The van der Waals surface area contributed by atoms with Gasteiger partial charge in [-0.2, -0.15) is 0 Å². The van der Waals surface area contributed by atoms with Crippen LogP contribution in [0.25, 0.3) is 0 Å². The molecule has 0 aromatic heterocycles. The lowest BCUT2D eigenvalue weighted by molar-refractivity contribution is 0.148. The van der Waals surface area contributed by atoms with Gasteiger partial charge in [0.05, 0.1) is 0 Å². The first-order valence-corrected chi connectivity index (χ1v) is 35.3. The fourth-order valence-electron chi connectivity index (χ4n) is 11.0. The summed E-state index contributed by atoms with van der Waals surface area (Å²) in [6.45, 7) is 13.0. The van der Waals surface area contributed by atoms with Gasteiger partial charge in [0.15, 0.2) is 0 Å². The van der Waals surface area contributed by atoms with E-state index in [0.29, 0.717) is 6.03 Å². The maximum Gasteiger partial charge on any atom is 0.319 e. The predicted octanol–water partition coefficient (Wildman–Crippen LogP) is 25.9. The highest BCUT2D eigenvalue weighted by molar-refractivity contribution is 5.74. The SMILES string of the molecule is CCCCCCCC/C=C\CCCCCCCCN(CCCCCCCC/C=C\CCCCCCCC)C(=O)N(CCCCCCCC/C=C\CCCCCCCC)CCCCCCCC/C=C\CCCCCCCC. The minimum Gasteiger partial charge on any atom is -0.325 e. The van der Waals surface area contributed by atoms with Gasteiger partial charge in [-0.05, 0) is 128 Å². The largest absolute Gasteiger partial charge is 0.325 e. The second-order valence-electron chi connectivity index (χ2n) is 24.0. The zero-order chi connectivity index (χ0) is 54.8. The zero-order valence-corrected chi connectivity index (χ0v) is 52.8. The first-order valence-electron chi connectivity index (χ1n) is 35.3. The van der Waals surface area contributed by atoms with Crippen LogP contribution in [0.1, 0.15) is 387 Å². The van der Waals surface area contributed by atoms with E-state index >= 15 is 0 Å². The molecule has 0 radical (unpaired) electrons. The number of nitrogens with zero attached hydrogens (tertiary/aromatic N) is 2. The number of unbranched alkanes of at least 4 members (excludes halogenated alkanes) is 48. The summed E-state index contributed by atoms with van der Waals surface area (Å²) in [6, 6.07) is 0.362. The van der Waals surface area contributed by atoms with Crippen LogP contribution in [0.3, 0.4) is 0 Å². The Balaban J connectivity index is 5.12. The highest BCUT2D eigenvalue weighted by Crippen LogP contribution is 2.18. The minimum absolute atomic E-state index is 0.362. The molecule has 2 amide bonds. The summed E-state index contributed by atoms with van der Waals surface area (Å²) < 4.78 is 0. The molecule has 0 saturated heterocycles. The van der Waals surface area contributed by atoms with Crippen LogP contribution >= 0.6 is 0 Å². The molecule has 0 saturated carbocycles. The molecule has 0 heterocycles. The molecular formula is C73H140N2O. The Morgan fingerprint density at radius 1 is 0.197 bits per heavy atom. The molecule has 0 atom stereocenters. The lowest BCUT2D eigenvalue weighted by atomic mass is 10.1. The van der Waals surface area contributed by atoms with Crippen molar-refractivity contribution in [3.05, 3.63) is 48.6 Å². The maximum absolute atomic E-state index is 14.6. The Morgan fingerprint density at radius 2 is 0.329 bits per heavy atom. The summed E-state index contributed by atoms with van der Waals surface area (Å²) in [5, 5.41) is 0. The molecule has 0 aromatic carbocycles. The van der Waals surface area contributed by atoms with Crippen LogP contribution in [0.4, 0.5) is 4.79 Å². The van der Waals surface area contributed by atoms with Gasteiger partial charge in [0.1, 0.15) is 0 Å². The van der Waals surface area contributed by atoms with E-state index in [0.717, 1.165) is 51.9 Å². The van der Waals surface area contributed by atoms with Crippen molar-refractivity contribution in [3.8, 4) is 0 Å². The molecular weight excluding hydrogens is 921 g/mol. The van der Waals surface area contributed by atoms with Crippen LogP contribution < -0.4 is 0 Å². The molecule has 3 heteroatoms. The number of amides is 2. The maximum atomic E-state index is 14.6. The van der Waals surface area contributed by atoms with Crippen LogP contribution in [-0.2, 0) is 0 Å². The van der Waals surface area contributed by atoms with Crippen LogP contribution in [0, 0.1) is 0 Å². The Morgan fingerprint density at radius 3 is 0.487 bits per heavy atom. The van der Waals surface area contributed by atoms with E-state index in [9.17, 15) is 4.79 Å². The predicted molar refractivity (Wildman–Crippen MR) is 346 cm³/mol. The molecule has 0 aromatic rings. The lowest BCUT2D eigenvalue weighted by Crippen LogP contribution is -2.45. The fourth-order valence-corrected chi connectivity index (χ4v) is 11.0. The summed E-state index contributed by atoms with van der Waals surface area (Å²) >= 11 is 0. The van der Waals surface area contributed by atoms with Gasteiger partial charge in [-0.1, -0.05) is 307 Å². The second kappa shape index (κ2) is 67.5.